The van der Waals surface area contributed by atoms with E-state index in [0.717, 1.165) is 0 Å². The van der Waals surface area contributed by atoms with Crippen LogP contribution in [-0.2, 0) is 34.5 Å². The van der Waals surface area contributed by atoms with Crippen LogP contribution in [0.3, 0.4) is 0 Å². The van der Waals surface area contributed by atoms with Gasteiger partial charge in [-0.2, -0.15) is 6.07 Å². The van der Waals surface area contributed by atoms with Crippen LogP contribution in [0.4, 0.5) is 0 Å². The third-order valence-electron chi connectivity index (χ3n) is 3.50. The van der Waals surface area contributed by atoms with Crippen LogP contribution < -0.4 is 5.59 Å². The van der Waals surface area contributed by atoms with E-state index in [1.54, 1.807) is 6.92 Å². The van der Waals surface area contributed by atoms with Gasteiger partial charge in [0.25, 0.3) is 0 Å². The van der Waals surface area contributed by atoms with Gasteiger partial charge in [-0.05, 0) is 45.9 Å². The molecule has 1 aromatic rings. The van der Waals surface area contributed by atoms with Crippen LogP contribution in [0.5, 0.6) is 0 Å². The molecule has 119 valence electrons. The molecule has 0 aromatic carbocycles. The molecule has 8 heteroatoms. The largest absolute Gasteiger partial charge is 0.546 e. The van der Waals surface area contributed by atoms with Crippen molar-refractivity contribution >= 4 is 18.7 Å². The molecule has 0 saturated carbocycles. The van der Waals surface area contributed by atoms with Crippen LogP contribution >= 0.6 is 0 Å². The number of nitrogens with zero attached hydrogens (tertiary/aromatic N) is 1. The third kappa shape index (κ3) is 3.95. The molecule has 2 rings (SSSR count). The van der Waals surface area contributed by atoms with Gasteiger partial charge in [0.15, 0.2) is 5.97 Å². The van der Waals surface area contributed by atoms with Crippen molar-refractivity contribution in [2.24, 2.45) is 0 Å². The van der Waals surface area contributed by atoms with Gasteiger partial charge in [0.05, 0.1) is 17.8 Å². The van der Waals surface area contributed by atoms with E-state index in [9.17, 15) is 4.79 Å². The van der Waals surface area contributed by atoms with Gasteiger partial charge in [0.1, 0.15) is 0 Å². The van der Waals surface area contributed by atoms with Gasteiger partial charge in [-0.15, -0.1) is 0 Å². The number of ether oxygens (including phenoxy) is 1. The fraction of sp³-hybridized carbons (Fsp3) is 0.615. The molecule has 6 nitrogen and oxygen atoms in total. The summed E-state index contributed by atoms with van der Waals surface area (Å²) < 4.78 is 16.5. The summed E-state index contributed by atoms with van der Waals surface area (Å²) in [5.74, 6) is -0.512. The van der Waals surface area contributed by atoms with E-state index in [2.05, 4.69) is 16.3 Å². The minimum absolute atomic E-state index is 0. The quantitative estimate of drug-likeness (QED) is 0.411. The molecular weight excluding hydrogens is 445 g/mol. The molecule has 0 bridgehead atoms. The maximum Gasteiger partial charge on any atom is 0.493 e. The molecule has 1 aliphatic rings. The second-order valence-electron chi connectivity index (χ2n) is 5.42. The molecule has 0 spiro atoms. The number of hydrogen-bond donors (Lipinski definition) is 1. The molecule has 1 saturated heterocycles. The van der Waals surface area contributed by atoms with Crippen molar-refractivity contribution < 1.29 is 39.3 Å². The monoisotopic (exact) mass is 467 g/mol. The summed E-state index contributed by atoms with van der Waals surface area (Å²) in [5, 5.41) is 6.57. The Morgan fingerprint density at radius 3 is 2.33 bits per heavy atom. The first-order valence-electron chi connectivity index (χ1n) is 6.27. The number of carbonyl (C=O) groups excluding carboxylic acids is 1. The summed E-state index contributed by atoms with van der Waals surface area (Å²) >= 11 is 0. The van der Waals surface area contributed by atoms with Gasteiger partial charge in [-0.3, -0.25) is 0 Å². The molecule has 1 fully saturated rings. The Morgan fingerprint density at radius 1 is 1.33 bits per heavy atom. The first kappa shape index (κ1) is 20.3. The molecular formula is C13H21BN2O4Re-2. The number of aromatic amines is 1. The summed E-state index contributed by atoms with van der Waals surface area (Å²) in [7, 11) is -0.610. The third-order valence-corrected chi connectivity index (χ3v) is 3.50. The van der Waals surface area contributed by atoms with Crippen molar-refractivity contribution in [3.05, 3.63) is 19.2 Å². The van der Waals surface area contributed by atoms with Crippen LogP contribution in [0.25, 0.3) is 0 Å². The Kier molecular flexibility index (Phi) is 6.83. The van der Waals surface area contributed by atoms with E-state index in [1.165, 1.54) is 0 Å². The van der Waals surface area contributed by atoms with Crippen LogP contribution in [0.1, 0.15) is 45.1 Å². The molecule has 1 aliphatic heterocycles. The summed E-state index contributed by atoms with van der Waals surface area (Å²) in [6, 6.07) is 2.82. The van der Waals surface area contributed by atoms with Crippen LogP contribution in [-0.4, -0.2) is 41.1 Å². The molecule has 21 heavy (non-hydrogen) atoms. The molecule has 1 aromatic heterocycles. The number of hydrogen-bond acceptors (Lipinski definition) is 5. The maximum absolute atomic E-state index is 11.5. The van der Waals surface area contributed by atoms with Gasteiger partial charge in [-0.1, -0.05) is 0 Å². The average Bonchev–Trinajstić information content (AvgIpc) is 2.83. The second kappa shape index (κ2) is 7.06. The Hall–Kier alpha value is -0.673. The van der Waals surface area contributed by atoms with Gasteiger partial charge >= 0.3 is 7.12 Å². The molecule has 0 aliphatic carbocycles. The number of carbonyl (C=O) groups is 1. The molecule has 0 atom stereocenters. The Morgan fingerprint density at radius 2 is 1.86 bits per heavy atom. The maximum atomic E-state index is 11.5. The first-order chi connectivity index (χ1) is 8.77. The Labute approximate surface area is 140 Å². The van der Waals surface area contributed by atoms with E-state index >= 15 is 0 Å². The van der Waals surface area contributed by atoms with Gasteiger partial charge in [0, 0.05) is 20.4 Å². The fourth-order valence-electron chi connectivity index (χ4n) is 1.67. The number of nitrogens with one attached hydrogen (secondary N) is 1. The zero-order chi connectivity index (χ0) is 14.3. The van der Waals surface area contributed by atoms with Crippen molar-refractivity contribution in [1.29, 1.82) is 0 Å². The summed E-state index contributed by atoms with van der Waals surface area (Å²) in [5.41, 5.74) is -0.296. The topological polar surface area (TPSA) is 73.4 Å². The molecule has 1 N–H and O–H groups in total. The second-order valence-corrected chi connectivity index (χ2v) is 5.42. The Bertz CT molecular complexity index is 474. The van der Waals surface area contributed by atoms with E-state index in [1.807, 2.05) is 27.7 Å². The SMILES string of the molecule is CCOC(=O)c1[c-]c(B2OC(C)(C)C(C)(C)O2)[nH]n1.[CH3-].[Re]. The standard InChI is InChI=1S/C12H18BN2O4.CH3.Re/c1-6-17-10(16)8-7-9(15-14-8)13-18-11(2,3)12(4,5)19-13;;/h6H2,1-5H3,(H,14,15);1H3;/q2*-1;. The number of esters is 1. The van der Waals surface area contributed by atoms with Crippen molar-refractivity contribution in [1.82, 2.24) is 10.2 Å². The minimum Gasteiger partial charge on any atom is -0.546 e. The van der Waals surface area contributed by atoms with E-state index in [0.29, 0.717) is 12.2 Å². The molecule has 1 radical (unpaired) electrons. The van der Waals surface area contributed by atoms with Crippen molar-refractivity contribution in [3.8, 4) is 0 Å². The minimum atomic E-state index is -0.610. The van der Waals surface area contributed by atoms with Crippen molar-refractivity contribution in [2.75, 3.05) is 6.61 Å². The fourth-order valence-corrected chi connectivity index (χ4v) is 1.67. The van der Waals surface area contributed by atoms with Gasteiger partial charge in [0.2, 0.25) is 0 Å². The normalized spacial score (nSPS) is 18.6. The summed E-state index contributed by atoms with van der Waals surface area (Å²) in [6.07, 6.45) is 0. The van der Waals surface area contributed by atoms with Crippen LogP contribution in [0.2, 0.25) is 0 Å². The molecule has 0 unspecified atom stereocenters. The van der Waals surface area contributed by atoms with Crippen LogP contribution in [0, 0.1) is 13.5 Å². The van der Waals surface area contributed by atoms with E-state index in [4.69, 9.17) is 14.0 Å². The van der Waals surface area contributed by atoms with Crippen molar-refractivity contribution in [3.63, 3.8) is 0 Å². The molecule has 0 amide bonds. The number of rotatable bonds is 3. The summed E-state index contributed by atoms with van der Waals surface area (Å²) in [6.45, 7) is 9.85. The van der Waals surface area contributed by atoms with Crippen LogP contribution in [0.15, 0.2) is 0 Å². The predicted octanol–water partition coefficient (Wildman–Crippen LogP) is 1.13. The molecule has 2 heterocycles. The number of H-pyrrole nitrogens is 1. The average molecular weight is 466 g/mol. The van der Waals surface area contributed by atoms with E-state index < -0.39 is 24.3 Å². The first-order valence-corrected chi connectivity index (χ1v) is 6.27. The Balaban J connectivity index is 0.00000200. The predicted molar refractivity (Wildman–Crippen MR) is 75.5 cm³/mol. The smallest absolute Gasteiger partial charge is 0.493 e. The van der Waals surface area contributed by atoms with Crippen molar-refractivity contribution in [2.45, 2.75) is 45.8 Å². The van der Waals surface area contributed by atoms with Gasteiger partial charge in [-0.25, -0.2) is 5.10 Å². The summed E-state index contributed by atoms with van der Waals surface area (Å²) in [4.78, 5) is 11.5. The number of aromatic nitrogens is 2. The zero-order valence-electron chi connectivity index (χ0n) is 13.2. The van der Waals surface area contributed by atoms with E-state index in [-0.39, 0.29) is 33.5 Å². The zero-order valence-corrected chi connectivity index (χ0v) is 16.0. The van der Waals surface area contributed by atoms with Gasteiger partial charge < -0.3 is 31.4 Å².